The second-order valence-corrected chi connectivity index (χ2v) is 7.86. The average molecular weight is 393 g/mol. The molecule has 2 rings (SSSR count). The number of H-pyrrole nitrogens is 1. The second kappa shape index (κ2) is 8.52. The monoisotopic (exact) mass is 392 g/mol. The van der Waals surface area contributed by atoms with Crippen LogP contribution in [0.15, 0.2) is 23.0 Å². The molecule has 2 N–H and O–H groups in total. The van der Waals surface area contributed by atoms with Crippen molar-refractivity contribution in [2.75, 3.05) is 13.1 Å². The van der Waals surface area contributed by atoms with Gasteiger partial charge in [0.05, 0.1) is 24.0 Å². The molecule has 0 atom stereocenters. The van der Waals surface area contributed by atoms with Gasteiger partial charge in [0.1, 0.15) is 5.82 Å². The molecule has 0 unspecified atom stereocenters. The number of carbonyl (C=O) groups excluding carboxylic acids is 2. The number of nitrogens with zero attached hydrogens (tertiary/aromatic N) is 2. The fourth-order valence-corrected chi connectivity index (χ4v) is 2.68. The molecule has 1 aromatic carbocycles. The zero-order valence-corrected chi connectivity index (χ0v) is 16.8. The van der Waals surface area contributed by atoms with Crippen LogP contribution in [0.2, 0.25) is 5.02 Å². The molecule has 0 bridgehead atoms. The van der Waals surface area contributed by atoms with E-state index in [0.717, 1.165) is 6.42 Å². The predicted octanol–water partition coefficient (Wildman–Crippen LogP) is 2.48. The number of amides is 2. The molecule has 0 aliphatic carbocycles. The van der Waals surface area contributed by atoms with Crippen LogP contribution < -0.4 is 10.9 Å². The summed E-state index contributed by atoms with van der Waals surface area (Å²) in [5.74, 6) is -0.0545. The lowest BCUT2D eigenvalue weighted by atomic mass is 9.96. The summed E-state index contributed by atoms with van der Waals surface area (Å²) >= 11 is 5.98. The van der Waals surface area contributed by atoms with Crippen LogP contribution in [0.25, 0.3) is 10.9 Å². The van der Waals surface area contributed by atoms with E-state index < -0.39 is 5.41 Å². The van der Waals surface area contributed by atoms with Crippen LogP contribution in [0.5, 0.6) is 0 Å². The minimum atomic E-state index is -0.569. The lowest BCUT2D eigenvalue weighted by molar-refractivity contribution is -0.135. The summed E-state index contributed by atoms with van der Waals surface area (Å²) in [6.45, 7) is 7.84. The minimum Gasteiger partial charge on any atom is -0.347 e. The molecule has 146 valence electrons. The number of hydrogen-bond acceptors (Lipinski definition) is 4. The van der Waals surface area contributed by atoms with Gasteiger partial charge in [0.25, 0.3) is 5.56 Å². The Morgan fingerprint density at radius 3 is 2.63 bits per heavy atom. The topological polar surface area (TPSA) is 95.2 Å². The van der Waals surface area contributed by atoms with Crippen LogP contribution >= 0.6 is 11.6 Å². The van der Waals surface area contributed by atoms with E-state index in [-0.39, 0.29) is 30.5 Å². The number of carbonyl (C=O) groups is 2. The minimum absolute atomic E-state index is 0.0975. The zero-order valence-electron chi connectivity index (χ0n) is 16.1. The maximum absolute atomic E-state index is 12.5. The van der Waals surface area contributed by atoms with E-state index in [4.69, 9.17) is 11.6 Å². The van der Waals surface area contributed by atoms with Crippen molar-refractivity contribution in [2.24, 2.45) is 5.41 Å². The fraction of sp³-hybridized carbons (Fsp3) is 0.474. The highest BCUT2D eigenvalue weighted by molar-refractivity contribution is 6.31. The van der Waals surface area contributed by atoms with Gasteiger partial charge in [0.15, 0.2) is 0 Å². The van der Waals surface area contributed by atoms with Crippen LogP contribution in [0, 0.1) is 5.41 Å². The Bertz CT molecular complexity index is 902. The molecule has 0 saturated carbocycles. The van der Waals surface area contributed by atoms with Crippen LogP contribution in [0.1, 0.15) is 39.9 Å². The highest BCUT2D eigenvalue weighted by atomic mass is 35.5. The summed E-state index contributed by atoms with van der Waals surface area (Å²) in [4.78, 5) is 45.5. The summed E-state index contributed by atoms with van der Waals surface area (Å²) in [5.41, 5.74) is -0.372. The predicted molar refractivity (Wildman–Crippen MR) is 106 cm³/mol. The van der Waals surface area contributed by atoms with Crippen molar-refractivity contribution in [1.82, 2.24) is 20.2 Å². The summed E-state index contributed by atoms with van der Waals surface area (Å²) in [7, 11) is 0. The second-order valence-electron chi connectivity index (χ2n) is 7.42. The highest BCUT2D eigenvalue weighted by Gasteiger charge is 2.23. The third kappa shape index (κ3) is 5.53. The third-order valence-corrected chi connectivity index (χ3v) is 4.22. The molecule has 2 aromatic rings. The average Bonchev–Trinajstić information content (AvgIpc) is 2.57. The number of hydrogen-bond donors (Lipinski definition) is 2. The zero-order chi connectivity index (χ0) is 20.2. The summed E-state index contributed by atoms with van der Waals surface area (Å²) in [5, 5.41) is 3.58. The van der Waals surface area contributed by atoms with Crippen LogP contribution in [0.3, 0.4) is 0 Å². The quantitative estimate of drug-likeness (QED) is 0.789. The van der Waals surface area contributed by atoms with Crippen molar-refractivity contribution in [1.29, 1.82) is 0 Å². The van der Waals surface area contributed by atoms with Gasteiger partial charge in [-0.1, -0.05) is 39.3 Å². The first-order valence-electron chi connectivity index (χ1n) is 8.86. The molecule has 2 amide bonds. The summed E-state index contributed by atoms with van der Waals surface area (Å²) < 4.78 is 0. The van der Waals surface area contributed by atoms with Crippen molar-refractivity contribution in [2.45, 2.75) is 40.7 Å². The maximum Gasteiger partial charge on any atom is 0.258 e. The molecule has 0 saturated heterocycles. The molecule has 0 aliphatic rings. The number of fused-ring (bicyclic) bond motifs is 1. The van der Waals surface area contributed by atoms with Gasteiger partial charge in [-0.3, -0.25) is 14.4 Å². The van der Waals surface area contributed by atoms with Crippen molar-refractivity contribution in [3.8, 4) is 0 Å². The lowest BCUT2D eigenvalue weighted by Gasteiger charge is -2.23. The molecule has 27 heavy (non-hydrogen) atoms. The van der Waals surface area contributed by atoms with E-state index in [1.807, 2.05) is 6.92 Å². The first-order chi connectivity index (χ1) is 12.6. The van der Waals surface area contributed by atoms with Crippen LogP contribution in [-0.2, 0) is 16.1 Å². The molecular formula is C19H25ClN4O3. The molecule has 0 radical (unpaired) electrons. The van der Waals surface area contributed by atoms with E-state index in [0.29, 0.717) is 28.3 Å². The molecule has 0 fully saturated rings. The molecule has 7 nitrogen and oxygen atoms in total. The van der Waals surface area contributed by atoms with Crippen molar-refractivity contribution < 1.29 is 9.59 Å². The SMILES string of the molecule is CCCN(Cc1nc2cc(Cl)ccc2c(=O)[nH]1)C(=O)CNC(=O)C(C)(C)C. The van der Waals surface area contributed by atoms with Gasteiger partial charge < -0.3 is 15.2 Å². The molecule has 0 aliphatic heterocycles. The van der Waals surface area contributed by atoms with Crippen LogP contribution in [-0.4, -0.2) is 39.8 Å². The van der Waals surface area contributed by atoms with Crippen molar-refractivity contribution >= 4 is 34.3 Å². The van der Waals surface area contributed by atoms with E-state index in [2.05, 4.69) is 15.3 Å². The molecule has 1 aromatic heterocycles. The number of benzene rings is 1. The maximum atomic E-state index is 12.5. The Kier molecular flexibility index (Phi) is 6.59. The Hall–Kier alpha value is -2.41. The molecule has 8 heteroatoms. The largest absolute Gasteiger partial charge is 0.347 e. The van der Waals surface area contributed by atoms with E-state index in [1.54, 1.807) is 43.9 Å². The number of aromatic amines is 1. The van der Waals surface area contributed by atoms with Crippen molar-refractivity contribution in [3.63, 3.8) is 0 Å². The van der Waals surface area contributed by atoms with E-state index >= 15 is 0 Å². The van der Waals surface area contributed by atoms with Crippen LogP contribution in [0.4, 0.5) is 0 Å². The molecule has 1 heterocycles. The van der Waals surface area contributed by atoms with Gasteiger partial charge in [0, 0.05) is 17.0 Å². The third-order valence-electron chi connectivity index (χ3n) is 3.99. The number of aromatic nitrogens is 2. The fourth-order valence-electron chi connectivity index (χ4n) is 2.51. The van der Waals surface area contributed by atoms with E-state index in [1.165, 1.54) is 0 Å². The van der Waals surface area contributed by atoms with Gasteiger partial charge >= 0.3 is 0 Å². The smallest absolute Gasteiger partial charge is 0.258 e. The first kappa shape index (κ1) is 20.9. The highest BCUT2D eigenvalue weighted by Crippen LogP contribution is 2.15. The Balaban J connectivity index is 2.18. The summed E-state index contributed by atoms with van der Waals surface area (Å²) in [6.07, 6.45) is 0.739. The Morgan fingerprint density at radius 2 is 2.00 bits per heavy atom. The first-order valence-corrected chi connectivity index (χ1v) is 9.24. The summed E-state index contributed by atoms with van der Waals surface area (Å²) in [6, 6.07) is 4.86. The molecule has 0 spiro atoms. The van der Waals surface area contributed by atoms with Gasteiger partial charge in [-0.2, -0.15) is 0 Å². The van der Waals surface area contributed by atoms with Gasteiger partial charge in [-0.05, 0) is 24.6 Å². The normalized spacial score (nSPS) is 11.4. The number of halogens is 1. The number of nitrogens with one attached hydrogen (secondary N) is 2. The molecular weight excluding hydrogens is 368 g/mol. The lowest BCUT2D eigenvalue weighted by Crippen LogP contribution is -2.43. The standard InChI is InChI=1S/C19H25ClN4O3/c1-5-8-24(16(25)10-21-18(27)19(2,3)4)11-15-22-14-9-12(20)6-7-13(14)17(26)23-15/h6-7,9H,5,8,10-11H2,1-4H3,(H,21,27)(H,22,23,26). The Labute approximate surface area is 163 Å². The van der Waals surface area contributed by atoms with Crippen molar-refractivity contribution in [3.05, 3.63) is 39.4 Å². The van der Waals surface area contributed by atoms with E-state index in [9.17, 15) is 14.4 Å². The van der Waals surface area contributed by atoms with Gasteiger partial charge in [-0.15, -0.1) is 0 Å². The Morgan fingerprint density at radius 1 is 1.30 bits per heavy atom. The van der Waals surface area contributed by atoms with Gasteiger partial charge in [-0.25, -0.2) is 4.98 Å². The number of rotatable bonds is 6. The van der Waals surface area contributed by atoms with Gasteiger partial charge in [0.2, 0.25) is 11.8 Å².